The first-order valence-electron chi connectivity index (χ1n) is 6.61. The number of carbonyl (C=O) groups excluding carboxylic acids is 1. The predicted octanol–water partition coefficient (Wildman–Crippen LogP) is 2.67. The zero-order valence-corrected chi connectivity index (χ0v) is 14.3. The van der Waals surface area contributed by atoms with Gasteiger partial charge in [-0.2, -0.15) is 0 Å². The lowest BCUT2D eigenvalue weighted by Gasteiger charge is -2.23. The van der Waals surface area contributed by atoms with Crippen molar-refractivity contribution in [3.05, 3.63) is 16.1 Å². The average molecular weight is 340 g/mol. The molecular weight excluding hydrogens is 317 g/mol. The molecule has 0 spiro atoms. The minimum Gasteiger partial charge on any atom is -0.347 e. The largest absolute Gasteiger partial charge is 0.347 e. The molecule has 116 valence electrons. The molecule has 1 atom stereocenters. The van der Waals surface area contributed by atoms with Gasteiger partial charge in [-0.05, 0) is 25.3 Å². The standard InChI is InChI=1S/C13H21N3OS.2ClH/c1-9(2)6-12-16-11(8-18-12)13(17)15-10-4-3-5-14-7-10;;/h8-10,14H,3-7H2,1-2H3,(H,15,17);2*1H. The van der Waals surface area contributed by atoms with Gasteiger partial charge in [0.2, 0.25) is 0 Å². The maximum atomic E-state index is 12.0. The number of carbonyl (C=O) groups is 1. The molecule has 0 radical (unpaired) electrons. The Kier molecular flexibility index (Phi) is 9.38. The predicted molar refractivity (Wildman–Crippen MR) is 88.5 cm³/mol. The van der Waals surface area contributed by atoms with E-state index < -0.39 is 0 Å². The molecule has 1 amide bonds. The van der Waals surface area contributed by atoms with Crippen LogP contribution < -0.4 is 10.6 Å². The van der Waals surface area contributed by atoms with Crippen LogP contribution in [0.3, 0.4) is 0 Å². The van der Waals surface area contributed by atoms with E-state index in [0.29, 0.717) is 11.6 Å². The van der Waals surface area contributed by atoms with Crippen LogP contribution in [-0.2, 0) is 6.42 Å². The molecule has 1 aliphatic rings. The molecule has 0 aromatic carbocycles. The molecule has 1 aromatic rings. The molecule has 1 saturated heterocycles. The van der Waals surface area contributed by atoms with Crippen molar-refractivity contribution in [2.24, 2.45) is 5.92 Å². The highest BCUT2D eigenvalue weighted by molar-refractivity contribution is 7.09. The summed E-state index contributed by atoms with van der Waals surface area (Å²) in [5.41, 5.74) is 0.571. The molecule has 0 aliphatic carbocycles. The van der Waals surface area contributed by atoms with Gasteiger partial charge in [-0.1, -0.05) is 13.8 Å². The fourth-order valence-electron chi connectivity index (χ4n) is 2.09. The Labute approximate surface area is 137 Å². The molecule has 2 heterocycles. The Morgan fingerprint density at radius 2 is 2.30 bits per heavy atom. The molecular formula is C13H23Cl2N3OS. The summed E-state index contributed by atoms with van der Waals surface area (Å²) in [6.45, 7) is 6.25. The SMILES string of the molecule is CC(C)Cc1nc(C(=O)NC2CCCNC2)cs1.Cl.Cl. The topological polar surface area (TPSA) is 54.0 Å². The van der Waals surface area contributed by atoms with Crippen molar-refractivity contribution in [3.8, 4) is 0 Å². The van der Waals surface area contributed by atoms with Crippen LogP contribution in [0.1, 0.15) is 42.2 Å². The maximum absolute atomic E-state index is 12.0. The van der Waals surface area contributed by atoms with E-state index in [9.17, 15) is 4.79 Å². The average Bonchev–Trinajstić information content (AvgIpc) is 2.78. The highest BCUT2D eigenvalue weighted by atomic mass is 35.5. The Bertz CT molecular complexity index is 406. The van der Waals surface area contributed by atoms with Crippen molar-refractivity contribution in [1.29, 1.82) is 0 Å². The Balaban J connectivity index is 0.00000180. The van der Waals surface area contributed by atoms with Gasteiger partial charge in [0.05, 0.1) is 5.01 Å². The molecule has 1 aliphatic heterocycles. The van der Waals surface area contributed by atoms with Gasteiger partial charge >= 0.3 is 0 Å². The van der Waals surface area contributed by atoms with Gasteiger partial charge in [0.25, 0.3) is 5.91 Å². The maximum Gasteiger partial charge on any atom is 0.271 e. The number of halogens is 2. The second kappa shape index (κ2) is 9.55. The monoisotopic (exact) mass is 339 g/mol. The number of nitrogens with zero attached hydrogens (tertiary/aromatic N) is 1. The lowest BCUT2D eigenvalue weighted by atomic mass is 10.1. The van der Waals surface area contributed by atoms with Crippen molar-refractivity contribution >= 4 is 42.1 Å². The summed E-state index contributed by atoms with van der Waals surface area (Å²) >= 11 is 1.58. The second-order valence-corrected chi connectivity index (χ2v) is 6.18. The first kappa shape index (κ1) is 19.6. The van der Waals surface area contributed by atoms with Crippen LogP contribution >= 0.6 is 36.2 Å². The molecule has 0 saturated carbocycles. The summed E-state index contributed by atoms with van der Waals surface area (Å²) < 4.78 is 0. The highest BCUT2D eigenvalue weighted by Gasteiger charge is 2.18. The normalized spacial score (nSPS) is 18.1. The van der Waals surface area contributed by atoms with Crippen LogP contribution in [0.2, 0.25) is 0 Å². The van der Waals surface area contributed by atoms with E-state index in [2.05, 4.69) is 29.5 Å². The van der Waals surface area contributed by atoms with E-state index in [1.54, 1.807) is 11.3 Å². The van der Waals surface area contributed by atoms with Gasteiger partial charge in [0.1, 0.15) is 5.69 Å². The molecule has 0 bridgehead atoms. The van der Waals surface area contributed by atoms with Gasteiger partial charge in [-0.25, -0.2) is 4.98 Å². The van der Waals surface area contributed by atoms with Crippen LogP contribution in [-0.4, -0.2) is 30.0 Å². The number of piperidine rings is 1. The molecule has 2 rings (SSSR count). The third-order valence-electron chi connectivity index (χ3n) is 3.00. The van der Waals surface area contributed by atoms with Crippen LogP contribution in [0.5, 0.6) is 0 Å². The summed E-state index contributed by atoms with van der Waals surface area (Å²) in [7, 11) is 0. The Hall–Kier alpha value is -0.360. The van der Waals surface area contributed by atoms with Crippen molar-refractivity contribution < 1.29 is 4.79 Å². The first-order valence-corrected chi connectivity index (χ1v) is 7.49. The van der Waals surface area contributed by atoms with E-state index in [0.717, 1.165) is 37.4 Å². The van der Waals surface area contributed by atoms with Gasteiger partial charge in [-0.3, -0.25) is 4.79 Å². The summed E-state index contributed by atoms with van der Waals surface area (Å²) in [5.74, 6) is 0.546. The number of hydrogen-bond acceptors (Lipinski definition) is 4. The van der Waals surface area contributed by atoms with E-state index in [1.807, 2.05) is 5.38 Å². The highest BCUT2D eigenvalue weighted by Crippen LogP contribution is 2.14. The molecule has 4 nitrogen and oxygen atoms in total. The van der Waals surface area contributed by atoms with Crippen LogP contribution in [0, 0.1) is 5.92 Å². The van der Waals surface area contributed by atoms with E-state index in [1.165, 1.54) is 0 Å². The number of aromatic nitrogens is 1. The summed E-state index contributed by atoms with van der Waals surface area (Å²) in [4.78, 5) is 16.4. The van der Waals surface area contributed by atoms with Gasteiger partial charge in [0, 0.05) is 24.4 Å². The number of rotatable bonds is 4. The summed E-state index contributed by atoms with van der Waals surface area (Å²) in [5, 5.41) is 9.25. The van der Waals surface area contributed by atoms with Crippen molar-refractivity contribution in [3.63, 3.8) is 0 Å². The Morgan fingerprint density at radius 3 is 2.90 bits per heavy atom. The number of hydrogen-bond donors (Lipinski definition) is 2. The molecule has 20 heavy (non-hydrogen) atoms. The zero-order chi connectivity index (χ0) is 13.0. The molecule has 2 N–H and O–H groups in total. The quantitative estimate of drug-likeness (QED) is 0.886. The third kappa shape index (κ3) is 5.95. The van der Waals surface area contributed by atoms with E-state index in [-0.39, 0.29) is 36.8 Å². The first-order chi connectivity index (χ1) is 8.65. The lowest BCUT2D eigenvalue weighted by molar-refractivity contribution is 0.0926. The van der Waals surface area contributed by atoms with Gasteiger partial charge in [0.15, 0.2) is 0 Å². The lowest BCUT2D eigenvalue weighted by Crippen LogP contribution is -2.45. The zero-order valence-electron chi connectivity index (χ0n) is 11.8. The molecule has 1 unspecified atom stereocenters. The fourth-order valence-corrected chi connectivity index (χ4v) is 3.08. The molecule has 1 fully saturated rings. The van der Waals surface area contributed by atoms with Crippen LogP contribution in [0.25, 0.3) is 0 Å². The summed E-state index contributed by atoms with van der Waals surface area (Å²) in [6, 6.07) is 0.251. The van der Waals surface area contributed by atoms with Crippen molar-refractivity contribution in [2.75, 3.05) is 13.1 Å². The van der Waals surface area contributed by atoms with Gasteiger partial charge < -0.3 is 10.6 Å². The number of nitrogens with one attached hydrogen (secondary N) is 2. The van der Waals surface area contributed by atoms with Crippen molar-refractivity contribution in [1.82, 2.24) is 15.6 Å². The fraction of sp³-hybridized carbons (Fsp3) is 0.692. The smallest absolute Gasteiger partial charge is 0.271 e. The molecule has 1 aromatic heterocycles. The van der Waals surface area contributed by atoms with Crippen LogP contribution in [0.4, 0.5) is 0 Å². The Morgan fingerprint density at radius 1 is 1.55 bits per heavy atom. The minimum absolute atomic E-state index is 0. The van der Waals surface area contributed by atoms with Crippen LogP contribution in [0.15, 0.2) is 5.38 Å². The summed E-state index contributed by atoms with van der Waals surface area (Å²) in [6.07, 6.45) is 3.13. The van der Waals surface area contributed by atoms with Gasteiger partial charge in [-0.15, -0.1) is 36.2 Å². The molecule has 7 heteroatoms. The number of thiazole rings is 1. The van der Waals surface area contributed by atoms with E-state index >= 15 is 0 Å². The second-order valence-electron chi connectivity index (χ2n) is 5.24. The number of amides is 1. The minimum atomic E-state index is -0.0324. The van der Waals surface area contributed by atoms with Crippen molar-refractivity contribution in [2.45, 2.75) is 39.2 Å². The van der Waals surface area contributed by atoms with E-state index in [4.69, 9.17) is 0 Å². The third-order valence-corrected chi connectivity index (χ3v) is 3.87.